The number of hydrogen-bond acceptors (Lipinski definition) is 2. The van der Waals surface area contributed by atoms with Gasteiger partial charge in [-0.2, -0.15) is 0 Å². The van der Waals surface area contributed by atoms with Crippen LogP contribution in [0, 0.1) is 0 Å². The highest BCUT2D eigenvalue weighted by Crippen LogP contribution is 2.41. The Hall–Kier alpha value is -1.64. The van der Waals surface area contributed by atoms with Gasteiger partial charge >= 0.3 is 0 Å². The molecule has 3 rings (SSSR count). The van der Waals surface area contributed by atoms with Crippen LogP contribution in [-0.4, -0.2) is 7.11 Å². The molecule has 1 fully saturated rings. The summed E-state index contributed by atoms with van der Waals surface area (Å²) >= 11 is 0. The van der Waals surface area contributed by atoms with E-state index < -0.39 is 0 Å². The summed E-state index contributed by atoms with van der Waals surface area (Å²) in [4.78, 5) is 0. The molecule has 0 amide bonds. The molecule has 1 N–H and O–H groups in total. The van der Waals surface area contributed by atoms with Crippen LogP contribution in [0.5, 0.6) is 0 Å². The van der Waals surface area contributed by atoms with E-state index in [0.717, 1.165) is 19.0 Å². The van der Waals surface area contributed by atoms with Crippen LogP contribution < -0.4 is 5.32 Å². The lowest BCUT2D eigenvalue weighted by Crippen LogP contribution is -2.14. The maximum atomic E-state index is 5.19. The van der Waals surface area contributed by atoms with Crippen LogP contribution in [0.3, 0.4) is 0 Å². The summed E-state index contributed by atoms with van der Waals surface area (Å²) in [5.74, 6) is 0.813. The lowest BCUT2D eigenvalue weighted by Gasteiger charge is -2.10. The largest absolute Gasteiger partial charge is 0.380 e. The summed E-state index contributed by atoms with van der Waals surface area (Å²) in [5, 5.41) is 3.57. The van der Waals surface area contributed by atoms with Crippen molar-refractivity contribution in [1.82, 2.24) is 5.32 Å². The Morgan fingerprint density at radius 2 is 1.81 bits per heavy atom. The Kier molecular flexibility index (Phi) is 4.69. The second-order valence-electron chi connectivity index (χ2n) is 5.83. The first-order valence-corrected chi connectivity index (χ1v) is 7.72. The Morgan fingerprint density at radius 1 is 1.00 bits per heavy atom. The van der Waals surface area contributed by atoms with Crippen LogP contribution >= 0.6 is 0 Å². The lowest BCUT2D eigenvalue weighted by atomic mass is 10.0. The SMILES string of the molecule is COCc1cccc(CNCc2ccccc2C2CC2)c1. The highest BCUT2D eigenvalue weighted by atomic mass is 16.5. The van der Waals surface area contributed by atoms with E-state index >= 15 is 0 Å². The molecule has 2 aromatic carbocycles. The van der Waals surface area contributed by atoms with Gasteiger partial charge in [-0.3, -0.25) is 0 Å². The van der Waals surface area contributed by atoms with E-state index in [4.69, 9.17) is 4.74 Å². The Labute approximate surface area is 127 Å². The van der Waals surface area contributed by atoms with Crippen LogP contribution in [0.2, 0.25) is 0 Å². The van der Waals surface area contributed by atoms with Gasteiger partial charge in [0.25, 0.3) is 0 Å². The van der Waals surface area contributed by atoms with Gasteiger partial charge < -0.3 is 10.1 Å². The van der Waals surface area contributed by atoms with E-state index in [1.165, 1.54) is 35.1 Å². The van der Waals surface area contributed by atoms with Crippen molar-refractivity contribution in [2.24, 2.45) is 0 Å². The molecule has 0 aromatic heterocycles. The summed E-state index contributed by atoms with van der Waals surface area (Å²) in [6, 6.07) is 17.4. The van der Waals surface area contributed by atoms with Gasteiger partial charge in [0.15, 0.2) is 0 Å². The average Bonchev–Trinajstić information content (AvgIpc) is 3.33. The van der Waals surface area contributed by atoms with Crippen LogP contribution in [0.25, 0.3) is 0 Å². The van der Waals surface area contributed by atoms with Gasteiger partial charge in [0.05, 0.1) is 6.61 Å². The van der Waals surface area contributed by atoms with Gasteiger partial charge in [-0.1, -0.05) is 48.5 Å². The number of benzene rings is 2. The quantitative estimate of drug-likeness (QED) is 0.828. The van der Waals surface area contributed by atoms with Gasteiger partial charge in [0, 0.05) is 20.2 Å². The zero-order chi connectivity index (χ0) is 14.5. The summed E-state index contributed by atoms with van der Waals surface area (Å²) in [6.07, 6.45) is 2.71. The predicted octanol–water partition coefficient (Wildman–Crippen LogP) is 4.00. The number of nitrogens with one attached hydrogen (secondary N) is 1. The monoisotopic (exact) mass is 281 g/mol. The maximum Gasteiger partial charge on any atom is 0.0713 e. The molecule has 21 heavy (non-hydrogen) atoms. The molecule has 0 atom stereocenters. The first kappa shape index (κ1) is 14.3. The Bertz CT molecular complexity index is 590. The smallest absolute Gasteiger partial charge is 0.0713 e. The molecule has 2 nitrogen and oxygen atoms in total. The minimum atomic E-state index is 0.679. The first-order valence-electron chi connectivity index (χ1n) is 7.72. The highest BCUT2D eigenvalue weighted by Gasteiger charge is 2.25. The molecule has 1 aliphatic carbocycles. The molecule has 0 saturated heterocycles. The lowest BCUT2D eigenvalue weighted by molar-refractivity contribution is 0.185. The number of rotatable bonds is 7. The Morgan fingerprint density at radius 3 is 2.62 bits per heavy atom. The molecule has 1 aliphatic rings. The number of hydrogen-bond donors (Lipinski definition) is 1. The zero-order valence-electron chi connectivity index (χ0n) is 12.6. The van der Waals surface area contributed by atoms with E-state index in [1.54, 1.807) is 7.11 Å². The molecule has 0 aliphatic heterocycles. The number of ether oxygens (including phenoxy) is 1. The van der Waals surface area contributed by atoms with E-state index in [0.29, 0.717) is 6.61 Å². The summed E-state index contributed by atoms with van der Waals surface area (Å²) in [7, 11) is 1.74. The third-order valence-corrected chi connectivity index (χ3v) is 4.02. The minimum Gasteiger partial charge on any atom is -0.380 e. The molecule has 0 unspecified atom stereocenters. The van der Waals surface area contributed by atoms with Gasteiger partial charge in [0.2, 0.25) is 0 Å². The standard InChI is InChI=1S/C19H23NO/c1-21-14-16-6-4-5-15(11-16)12-20-13-18-7-2-3-8-19(18)17-9-10-17/h2-8,11,17,20H,9-10,12-14H2,1H3. The van der Waals surface area contributed by atoms with Crippen molar-refractivity contribution in [3.05, 3.63) is 70.8 Å². The van der Waals surface area contributed by atoms with E-state index in [9.17, 15) is 0 Å². The molecule has 0 spiro atoms. The van der Waals surface area contributed by atoms with Crippen LogP contribution in [-0.2, 0) is 24.4 Å². The zero-order valence-corrected chi connectivity index (χ0v) is 12.6. The molecule has 110 valence electrons. The molecule has 0 heterocycles. The van der Waals surface area contributed by atoms with Crippen LogP contribution in [0.1, 0.15) is 41.0 Å². The highest BCUT2D eigenvalue weighted by molar-refractivity contribution is 5.33. The molecule has 2 aromatic rings. The fraction of sp³-hybridized carbons (Fsp3) is 0.368. The van der Waals surface area contributed by atoms with Crippen molar-refractivity contribution < 1.29 is 4.74 Å². The van der Waals surface area contributed by atoms with Gasteiger partial charge in [-0.05, 0) is 41.0 Å². The van der Waals surface area contributed by atoms with Gasteiger partial charge in [0.1, 0.15) is 0 Å². The topological polar surface area (TPSA) is 21.3 Å². The predicted molar refractivity (Wildman–Crippen MR) is 86.1 cm³/mol. The molecular formula is C19H23NO. The molecule has 2 heteroatoms. The van der Waals surface area contributed by atoms with E-state index in [-0.39, 0.29) is 0 Å². The van der Waals surface area contributed by atoms with Gasteiger partial charge in [-0.15, -0.1) is 0 Å². The number of methoxy groups -OCH3 is 1. The summed E-state index contributed by atoms with van der Waals surface area (Å²) in [6.45, 7) is 2.52. The summed E-state index contributed by atoms with van der Waals surface area (Å²) < 4.78 is 5.19. The van der Waals surface area contributed by atoms with Crippen molar-refractivity contribution >= 4 is 0 Å². The third kappa shape index (κ3) is 3.93. The molecule has 0 bridgehead atoms. The van der Waals surface area contributed by atoms with Crippen molar-refractivity contribution in [1.29, 1.82) is 0 Å². The third-order valence-electron chi connectivity index (χ3n) is 4.02. The van der Waals surface area contributed by atoms with E-state index in [1.807, 2.05) is 0 Å². The second-order valence-corrected chi connectivity index (χ2v) is 5.83. The second kappa shape index (κ2) is 6.88. The summed E-state index contributed by atoms with van der Waals surface area (Å²) in [5.41, 5.74) is 5.54. The maximum absolute atomic E-state index is 5.19. The average molecular weight is 281 g/mol. The first-order chi connectivity index (χ1) is 10.4. The van der Waals surface area contributed by atoms with Crippen molar-refractivity contribution in [3.8, 4) is 0 Å². The fourth-order valence-corrected chi connectivity index (χ4v) is 2.83. The molecule has 0 radical (unpaired) electrons. The minimum absolute atomic E-state index is 0.679. The van der Waals surface area contributed by atoms with Crippen molar-refractivity contribution in [2.75, 3.05) is 7.11 Å². The van der Waals surface area contributed by atoms with Crippen molar-refractivity contribution in [3.63, 3.8) is 0 Å². The van der Waals surface area contributed by atoms with E-state index in [2.05, 4.69) is 53.8 Å². The molecule has 1 saturated carbocycles. The van der Waals surface area contributed by atoms with Gasteiger partial charge in [-0.25, -0.2) is 0 Å². The Balaban J connectivity index is 1.57. The normalized spacial score (nSPS) is 14.3. The van der Waals surface area contributed by atoms with Crippen molar-refractivity contribution in [2.45, 2.75) is 38.5 Å². The van der Waals surface area contributed by atoms with Crippen LogP contribution in [0.4, 0.5) is 0 Å². The fourth-order valence-electron chi connectivity index (χ4n) is 2.83. The molecular weight excluding hydrogens is 258 g/mol. The van der Waals surface area contributed by atoms with Crippen LogP contribution in [0.15, 0.2) is 48.5 Å².